The van der Waals surface area contributed by atoms with E-state index in [0.29, 0.717) is 5.92 Å². The van der Waals surface area contributed by atoms with Crippen molar-refractivity contribution in [2.45, 2.75) is 19.3 Å². The van der Waals surface area contributed by atoms with Crippen LogP contribution in [-0.2, 0) is 6.42 Å². The number of benzene rings is 2. The summed E-state index contributed by atoms with van der Waals surface area (Å²) in [7, 11) is 0. The standard InChI is InChI=1S/C17H18BrCl2N/c1-2-21-11-13(15-5-3-4-6-16(15)18)9-12-10-14(19)7-8-17(12)20/h3-8,10,13,21H,2,9,11H2,1H3. The minimum Gasteiger partial charge on any atom is -0.316 e. The van der Waals surface area contributed by atoms with Crippen molar-refractivity contribution in [2.75, 3.05) is 13.1 Å². The average Bonchev–Trinajstić information content (AvgIpc) is 2.48. The molecule has 21 heavy (non-hydrogen) atoms. The van der Waals surface area contributed by atoms with E-state index in [1.807, 2.05) is 24.3 Å². The van der Waals surface area contributed by atoms with Gasteiger partial charge in [-0.3, -0.25) is 0 Å². The van der Waals surface area contributed by atoms with Gasteiger partial charge >= 0.3 is 0 Å². The van der Waals surface area contributed by atoms with Crippen molar-refractivity contribution in [2.24, 2.45) is 0 Å². The van der Waals surface area contributed by atoms with Gasteiger partial charge in [0.1, 0.15) is 0 Å². The first-order valence-electron chi connectivity index (χ1n) is 7.01. The highest BCUT2D eigenvalue weighted by atomic mass is 79.9. The number of rotatable bonds is 6. The molecular weight excluding hydrogens is 369 g/mol. The van der Waals surface area contributed by atoms with E-state index < -0.39 is 0 Å². The lowest BCUT2D eigenvalue weighted by atomic mass is 9.92. The number of likely N-dealkylation sites (N-methyl/N-ethyl adjacent to an activating group) is 1. The molecule has 0 radical (unpaired) electrons. The van der Waals surface area contributed by atoms with E-state index in [0.717, 1.165) is 39.6 Å². The number of hydrogen-bond acceptors (Lipinski definition) is 1. The van der Waals surface area contributed by atoms with E-state index in [1.165, 1.54) is 5.56 Å². The molecule has 1 nitrogen and oxygen atoms in total. The maximum atomic E-state index is 6.31. The normalized spacial score (nSPS) is 12.4. The average molecular weight is 387 g/mol. The molecule has 4 heteroatoms. The van der Waals surface area contributed by atoms with Gasteiger partial charge in [-0.1, -0.05) is 64.3 Å². The smallest absolute Gasteiger partial charge is 0.0439 e. The zero-order chi connectivity index (χ0) is 15.2. The molecule has 0 amide bonds. The summed E-state index contributed by atoms with van der Waals surface area (Å²) in [6.07, 6.45) is 0.856. The summed E-state index contributed by atoms with van der Waals surface area (Å²) < 4.78 is 1.13. The number of nitrogens with one attached hydrogen (secondary N) is 1. The molecular formula is C17H18BrCl2N. The van der Waals surface area contributed by atoms with Gasteiger partial charge in [-0.05, 0) is 48.4 Å². The fourth-order valence-electron chi connectivity index (χ4n) is 2.38. The molecule has 1 N–H and O–H groups in total. The van der Waals surface area contributed by atoms with Crippen molar-refractivity contribution in [3.05, 3.63) is 68.1 Å². The van der Waals surface area contributed by atoms with Crippen LogP contribution in [0, 0.1) is 0 Å². The summed E-state index contributed by atoms with van der Waals surface area (Å²) in [5.41, 5.74) is 2.37. The van der Waals surface area contributed by atoms with Crippen LogP contribution in [0.25, 0.3) is 0 Å². The molecule has 0 bridgehead atoms. The van der Waals surface area contributed by atoms with E-state index in [9.17, 15) is 0 Å². The Morgan fingerprint density at radius 3 is 2.62 bits per heavy atom. The third-order valence-corrected chi connectivity index (χ3v) is 4.79. The van der Waals surface area contributed by atoms with Gasteiger partial charge in [0, 0.05) is 27.0 Å². The molecule has 2 rings (SSSR count). The first kappa shape index (κ1) is 16.8. The van der Waals surface area contributed by atoms with Crippen LogP contribution < -0.4 is 5.32 Å². The van der Waals surface area contributed by atoms with Gasteiger partial charge in [0.15, 0.2) is 0 Å². The minimum absolute atomic E-state index is 0.344. The second-order valence-corrected chi connectivity index (χ2v) is 6.66. The summed E-state index contributed by atoms with van der Waals surface area (Å²) in [6.45, 7) is 3.97. The van der Waals surface area contributed by atoms with E-state index in [-0.39, 0.29) is 0 Å². The maximum Gasteiger partial charge on any atom is 0.0439 e. The highest BCUT2D eigenvalue weighted by Gasteiger charge is 2.16. The fraction of sp³-hybridized carbons (Fsp3) is 0.294. The molecule has 0 aliphatic heterocycles. The Balaban J connectivity index is 2.28. The van der Waals surface area contributed by atoms with Crippen molar-refractivity contribution < 1.29 is 0 Å². The molecule has 0 aromatic heterocycles. The Kier molecular flexibility index (Phi) is 6.56. The van der Waals surface area contributed by atoms with Gasteiger partial charge in [0.2, 0.25) is 0 Å². The third kappa shape index (κ3) is 4.72. The zero-order valence-corrected chi connectivity index (χ0v) is 15.0. The van der Waals surface area contributed by atoms with Crippen LogP contribution in [0.3, 0.4) is 0 Å². The Labute approximate surface area is 144 Å². The number of hydrogen-bond donors (Lipinski definition) is 1. The quantitative estimate of drug-likeness (QED) is 0.672. The Morgan fingerprint density at radius 2 is 1.90 bits per heavy atom. The zero-order valence-electron chi connectivity index (χ0n) is 11.9. The molecule has 0 saturated carbocycles. The van der Waals surface area contributed by atoms with Crippen LogP contribution in [0.5, 0.6) is 0 Å². The van der Waals surface area contributed by atoms with Crippen LogP contribution in [0.2, 0.25) is 10.0 Å². The van der Waals surface area contributed by atoms with Gasteiger partial charge in [0.05, 0.1) is 0 Å². The van der Waals surface area contributed by atoms with E-state index >= 15 is 0 Å². The molecule has 1 atom stereocenters. The minimum atomic E-state index is 0.344. The molecule has 1 unspecified atom stereocenters. The topological polar surface area (TPSA) is 12.0 Å². The fourth-order valence-corrected chi connectivity index (χ4v) is 3.38. The Hall–Kier alpha value is -0.540. The molecule has 0 heterocycles. The molecule has 0 fully saturated rings. The van der Waals surface area contributed by atoms with E-state index in [1.54, 1.807) is 0 Å². The summed E-state index contributed by atoms with van der Waals surface area (Å²) in [5, 5.41) is 4.93. The third-order valence-electron chi connectivity index (χ3n) is 3.46. The monoisotopic (exact) mass is 385 g/mol. The molecule has 112 valence electrons. The molecule has 0 aliphatic rings. The van der Waals surface area contributed by atoms with Crippen LogP contribution >= 0.6 is 39.1 Å². The van der Waals surface area contributed by atoms with Crippen LogP contribution in [0.15, 0.2) is 46.9 Å². The van der Waals surface area contributed by atoms with Crippen LogP contribution in [-0.4, -0.2) is 13.1 Å². The SMILES string of the molecule is CCNCC(Cc1cc(Cl)ccc1Cl)c1ccccc1Br. The van der Waals surface area contributed by atoms with Crippen molar-refractivity contribution in [1.82, 2.24) is 5.32 Å². The summed E-state index contributed by atoms with van der Waals surface area (Å²) in [5.74, 6) is 0.344. The van der Waals surface area contributed by atoms with Crippen molar-refractivity contribution in [3.63, 3.8) is 0 Å². The maximum absolute atomic E-state index is 6.31. The number of halogens is 3. The summed E-state index contributed by atoms with van der Waals surface area (Å²) >= 11 is 16.1. The van der Waals surface area contributed by atoms with Crippen molar-refractivity contribution in [3.8, 4) is 0 Å². The Bertz CT molecular complexity index is 601. The summed E-state index contributed by atoms with van der Waals surface area (Å²) in [4.78, 5) is 0. The van der Waals surface area contributed by atoms with Crippen LogP contribution in [0.4, 0.5) is 0 Å². The predicted octanol–water partition coefficient (Wildman–Crippen LogP) is 5.69. The highest BCUT2D eigenvalue weighted by Crippen LogP contribution is 2.30. The molecule has 2 aromatic rings. The molecule has 0 spiro atoms. The first-order valence-corrected chi connectivity index (χ1v) is 8.55. The Morgan fingerprint density at radius 1 is 1.14 bits per heavy atom. The van der Waals surface area contributed by atoms with Gasteiger partial charge in [-0.25, -0.2) is 0 Å². The second kappa shape index (κ2) is 8.19. The molecule has 0 aliphatic carbocycles. The lowest BCUT2D eigenvalue weighted by molar-refractivity contribution is 0.593. The molecule has 0 saturated heterocycles. The van der Waals surface area contributed by atoms with Crippen molar-refractivity contribution >= 4 is 39.1 Å². The van der Waals surface area contributed by atoms with Crippen molar-refractivity contribution in [1.29, 1.82) is 0 Å². The highest BCUT2D eigenvalue weighted by molar-refractivity contribution is 9.10. The summed E-state index contributed by atoms with van der Waals surface area (Å²) in [6, 6.07) is 14.0. The van der Waals surface area contributed by atoms with Gasteiger partial charge in [0.25, 0.3) is 0 Å². The van der Waals surface area contributed by atoms with E-state index in [2.05, 4.69) is 46.4 Å². The van der Waals surface area contributed by atoms with Gasteiger partial charge in [-0.15, -0.1) is 0 Å². The van der Waals surface area contributed by atoms with Gasteiger partial charge < -0.3 is 5.32 Å². The van der Waals surface area contributed by atoms with Gasteiger partial charge in [-0.2, -0.15) is 0 Å². The second-order valence-electron chi connectivity index (χ2n) is 4.97. The van der Waals surface area contributed by atoms with Crippen LogP contribution in [0.1, 0.15) is 24.0 Å². The molecule has 2 aromatic carbocycles. The lowest BCUT2D eigenvalue weighted by Crippen LogP contribution is -2.23. The lowest BCUT2D eigenvalue weighted by Gasteiger charge is -2.20. The largest absolute Gasteiger partial charge is 0.316 e. The predicted molar refractivity (Wildman–Crippen MR) is 95.6 cm³/mol. The van der Waals surface area contributed by atoms with E-state index in [4.69, 9.17) is 23.2 Å². The first-order chi connectivity index (χ1) is 10.1.